The normalized spacial score (nSPS) is 17.6. The number of benzene rings is 1. The molecule has 1 aliphatic rings. The van der Waals surface area contributed by atoms with Crippen LogP contribution in [0.25, 0.3) is 10.9 Å². The number of halogens is 1. The van der Waals surface area contributed by atoms with E-state index in [0.29, 0.717) is 11.7 Å². The SMILES string of the molecule is O=C(Nc1ccc2[nH]ccc2c1)[C@H]1CCCN(c2ccc(Cl)nn2)C1. The van der Waals surface area contributed by atoms with Crippen molar-refractivity contribution in [2.24, 2.45) is 5.92 Å². The van der Waals surface area contributed by atoms with Crippen LogP contribution in [0.4, 0.5) is 11.5 Å². The molecule has 25 heavy (non-hydrogen) atoms. The van der Waals surface area contributed by atoms with Crippen molar-refractivity contribution in [3.05, 3.63) is 47.7 Å². The molecule has 1 aromatic carbocycles. The van der Waals surface area contributed by atoms with Gasteiger partial charge in [-0.3, -0.25) is 4.79 Å². The van der Waals surface area contributed by atoms with Gasteiger partial charge in [0, 0.05) is 35.9 Å². The zero-order chi connectivity index (χ0) is 17.2. The minimum atomic E-state index is -0.0758. The molecular weight excluding hydrogens is 338 g/mol. The fraction of sp³-hybridized carbons (Fsp3) is 0.278. The van der Waals surface area contributed by atoms with Gasteiger partial charge in [0.05, 0.1) is 5.92 Å². The average Bonchev–Trinajstić information content (AvgIpc) is 3.10. The summed E-state index contributed by atoms with van der Waals surface area (Å²) in [5.74, 6) is 0.727. The Morgan fingerprint density at radius 3 is 3.00 bits per heavy atom. The van der Waals surface area contributed by atoms with Crippen molar-refractivity contribution in [2.45, 2.75) is 12.8 Å². The Morgan fingerprint density at radius 2 is 2.16 bits per heavy atom. The summed E-state index contributed by atoms with van der Waals surface area (Å²) in [4.78, 5) is 17.9. The van der Waals surface area contributed by atoms with Gasteiger partial charge in [0.1, 0.15) is 0 Å². The highest BCUT2D eigenvalue weighted by atomic mass is 35.5. The van der Waals surface area contributed by atoms with Gasteiger partial charge >= 0.3 is 0 Å². The Hall–Kier alpha value is -2.60. The second-order valence-corrected chi connectivity index (χ2v) is 6.66. The number of carbonyl (C=O) groups is 1. The number of piperidine rings is 1. The van der Waals surface area contributed by atoms with Crippen molar-refractivity contribution in [1.82, 2.24) is 15.2 Å². The molecule has 1 saturated heterocycles. The molecule has 0 radical (unpaired) electrons. The Morgan fingerprint density at radius 1 is 1.24 bits per heavy atom. The highest BCUT2D eigenvalue weighted by molar-refractivity contribution is 6.29. The minimum Gasteiger partial charge on any atom is -0.361 e. The van der Waals surface area contributed by atoms with Gasteiger partial charge in [-0.1, -0.05) is 11.6 Å². The van der Waals surface area contributed by atoms with Gasteiger partial charge in [-0.15, -0.1) is 10.2 Å². The molecule has 3 aromatic rings. The fourth-order valence-corrected chi connectivity index (χ4v) is 3.35. The quantitative estimate of drug-likeness (QED) is 0.754. The van der Waals surface area contributed by atoms with Crippen LogP contribution in [-0.4, -0.2) is 34.2 Å². The van der Waals surface area contributed by atoms with Crippen LogP contribution in [0.3, 0.4) is 0 Å². The maximum Gasteiger partial charge on any atom is 0.229 e. The molecule has 7 heteroatoms. The third kappa shape index (κ3) is 3.44. The van der Waals surface area contributed by atoms with E-state index in [1.807, 2.05) is 36.5 Å². The van der Waals surface area contributed by atoms with Crippen molar-refractivity contribution >= 4 is 39.9 Å². The summed E-state index contributed by atoms with van der Waals surface area (Å²) in [6.45, 7) is 1.50. The Balaban J connectivity index is 1.45. The highest BCUT2D eigenvalue weighted by Gasteiger charge is 2.26. The molecule has 0 spiro atoms. The molecule has 128 valence electrons. The number of nitrogens with zero attached hydrogens (tertiary/aromatic N) is 3. The van der Waals surface area contributed by atoms with Crippen LogP contribution in [-0.2, 0) is 4.79 Å². The van der Waals surface area contributed by atoms with E-state index in [4.69, 9.17) is 11.6 Å². The van der Waals surface area contributed by atoms with Gasteiger partial charge in [-0.25, -0.2) is 0 Å². The number of anilines is 2. The van der Waals surface area contributed by atoms with Crippen molar-refractivity contribution in [3.63, 3.8) is 0 Å². The van der Waals surface area contributed by atoms with Crippen LogP contribution in [0.5, 0.6) is 0 Å². The van der Waals surface area contributed by atoms with Crippen molar-refractivity contribution in [1.29, 1.82) is 0 Å². The first kappa shape index (κ1) is 15.9. The number of hydrogen-bond donors (Lipinski definition) is 2. The van der Waals surface area contributed by atoms with Gasteiger partial charge in [0.2, 0.25) is 5.91 Å². The second-order valence-electron chi connectivity index (χ2n) is 6.27. The standard InChI is InChI=1S/C18H18ClN5O/c19-16-5-6-17(23-22-16)24-9-1-2-13(11-24)18(25)21-14-3-4-15-12(10-14)7-8-20-15/h3-8,10,13,20H,1-2,9,11H2,(H,21,25)/t13-/m0/s1. The highest BCUT2D eigenvalue weighted by Crippen LogP contribution is 2.24. The van der Waals surface area contributed by atoms with E-state index in [1.165, 1.54) is 0 Å². The monoisotopic (exact) mass is 355 g/mol. The molecule has 1 amide bonds. The summed E-state index contributed by atoms with van der Waals surface area (Å²) < 4.78 is 0. The summed E-state index contributed by atoms with van der Waals surface area (Å²) in [5.41, 5.74) is 1.88. The molecule has 2 N–H and O–H groups in total. The number of rotatable bonds is 3. The van der Waals surface area contributed by atoms with E-state index in [9.17, 15) is 4.79 Å². The zero-order valence-electron chi connectivity index (χ0n) is 13.6. The van der Waals surface area contributed by atoms with E-state index in [0.717, 1.165) is 41.8 Å². The maximum atomic E-state index is 12.7. The van der Waals surface area contributed by atoms with Crippen LogP contribution in [0, 0.1) is 5.92 Å². The molecule has 4 rings (SSSR count). The lowest BCUT2D eigenvalue weighted by atomic mass is 9.97. The van der Waals surface area contributed by atoms with Gasteiger partial charge in [-0.2, -0.15) is 0 Å². The van der Waals surface area contributed by atoms with Crippen LogP contribution < -0.4 is 10.2 Å². The van der Waals surface area contributed by atoms with Crippen molar-refractivity contribution in [2.75, 3.05) is 23.3 Å². The number of amides is 1. The number of H-pyrrole nitrogens is 1. The summed E-state index contributed by atoms with van der Waals surface area (Å²) >= 11 is 5.79. The summed E-state index contributed by atoms with van der Waals surface area (Å²) in [6.07, 6.45) is 3.71. The van der Waals surface area contributed by atoms with Crippen LogP contribution in [0.15, 0.2) is 42.6 Å². The van der Waals surface area contributed by atoms with E-state index < -0.39 is 0 Å². The number of aromatic amines is 1. The summed E-state index contributed by atoms with van der Waals surface area (Å²) in [5, 5.41) is 12.5. The molecule has 1 atom stereocenters. The van der Waals surface area contributed by atoms with Gasteiger partial charge in [0.25, 0.3) is 0 Å². The van der Waals surface area contributed by atoms with E-state index >= 15 is 0 Å². The number of nitrogens with one attached hydrogen (secondary N) is 2. The number of hydrogen-bond acceptors (Lipinski definition) is 4. The molecule has 2 aromatic heterocycles. The first-order chi connectivity index (χ1) is 12.2. The van der Waals surface area contributed by atoms with Gasteiger partial charge in [0.15, 0.2) is 11.0 Å². The first-order valence-electron chi connectivity index (χ1n) is 8.31. The maximum absolute atomic E-state index is 12.7. The molecule has 3 heterocycles. The van der Waals surface area contributed by atoms with Crippen LogP contribution in [0.2, 0.25) is 5.15 Å². The lowest BCUT2D eigenvalue weighted by Crippen LogP contribution is -2.41. The molecular formula is C18H18ClN5O. The Kier molecular flexibility index (Phi) is 4.28. The van der Waals surface area contributed by atoms with Gasteiger partial charge in [-0.05, 0) is 49.2 Å². The largest absolute Gasteiger partial charge is 0.361 e. The number of aromatic nitrogens is 3. The minimum absolute atomic E-state index is 0.0431. The second kappa shape index (κ2) is 6.72. The van der Waals surface area contributed by atoms with E-state index in [-0.39, 0.29) is 11.8 Å². The Bertz CT molecular complexity index is 892. The van der Waals surface area contributed by atoms with Crippen LogP contribution in [0.1, 0.15) is 12.8 Å². The molecule has 1 aliphatic heterocycles. The third-order valence-electron chi connectivity index (χ3n) is 4.55. The molecule has 0 aliphatic carbocycles. The predicted octanol–water partition coefficient (Wildman–Crippen LogP) is 3.47. The van der Waals surface area contributed by atoms with Crippen molar-refractivity contribution in [3.8, 4) is 0 Å². The lowest BCUT2D eigenvalue weighted by Gasteiger charge is -2.32. The average molecular weight is 356 g/mol. The molecule has 0 bridgehead atoms. The van der Waals surface area contributed by atoms with E-state index in [1.54, 1.807) is 6.07 Å². The lowest BCUT2D eigenvalue weighted by molar-refractivity contribution is -0.120. The third-order valence-corrected chi connectivity index (χ3v) is 4.76. The van der Waals surface area contributed by atoms with E-state index in [2.05, 4.69) is 25.4 Å². The van der Waals surface area contributed by atoms with Gasteiger partial charge < -0.3 is 15.2 Å². The molecule has 0 saturated carbocycles. The number of fused-ring (bicyclic) bond motifs is 1. The molecule has 6 nitrogen and oxygen atoms in total. The predicted molar refractivity (Wildman–Crippen MR) is 98.9 cm³/mol. The summed E-state index contributed by atoms with van der Waals surface area (Å²) in [7, 11) is 0. The Labute approximate surface area is 150 Å². The summed E-state index contributed by atoms with van der Waals surface area (Å²) in [6, 6.07) is 11.4. The molecule has 1 fully saturated rings. The molecule has 0 unspecified atom stereocenters. The van der Waals surface area contributed by atoms with Crippen LogP contribution >= 0.6 is 11.6 Å². The number of carbonyl (C=O) groups excluding carboxylic acids is 1. The smallest absolute Gasteiger partial charge is 0.229 e. The zero-order valence-corrected chi connectivity index (χ0v) is 14.3. The first-order valence-corrected chi connectivity index (χ1v) is 8.69. The topological polar surface area (TPSA) is 73.9 Å². The van der Waals surface area contributed by atoms with Crippen molar-refractivity contribution < 1.29 is 4.79 Å². The fourth-order valence-electron chi connectivity index (χ4n) is 3.25.